The van der Waals surface area contributed by atoms with E-state index < -0.39 is 27.3 Å². The monoisotopic (exact) mass is 587 g/mol. The van der Waals surface area contributed by atoms with Crippen molar-refractivity contribution >= 4 is 28.3 Å². The Bertz CT molecular complexity index is 1430. The number of alkyl halides is 3. The van der Waals surface area contributed by atoms with E-state index in [4.69, 9.17) is 14.7 Å². The molecule has 1 saturated carbocycles. The van der Waals surface area contributed by atoms with Gasteiger partial charge in [-0.25, -0.2) is 14.8 Å². The highest BCUT2D eigenvalue weighted by Crippen LogP contribution is 2.54. The third-order valence-corrected chi connectivity index (χ3v) is 9.31. The summed E-state index contributed by atoms with van der Waals surface area (Å²) < 4.78 is 59.9. The number of ether oxygens (including phenoxy) is 1. The number of rotatable bonds is 8. The zero-order valence-corrected chi connectivity index (χ0v) is 23.6. The van der Waals surface area contributed by atoms with Gasteiger partial charge in [-0.05, 0) is 62.6 Å². The van der Waals surface area contributed by atoms with Crippen LogP contribution >= 0.6 is 0 Å². The van der Waals surface area contributed by atoms with E-state index in [0.29, 0.717) is 67.7 Å². The molecule has 2 N–H and O–H groups in total. The number of carbonyl (C=O) groups excluding carboxylic acids is 1. The topological polar surface area (TPSA) is 96.5 Å². The number of hydrogen-bond acceptors (Lipinski definition) is 6. The molecular weight excluding hydrogens is 555 g/mol. The van der Waals surface area contributed by atoms with Gasteiger partial charge in [0.1, 0.15) is 5.82 Å². The highest BCUT2D eigenvalue weighted by Gasteiger charge is 2.54. The number of aromatic nitrogens is 2. The van der Waals surface area contributed by atoms with E-state index in [1.54, 1.807) is 30.3 Å². The zero-order valence-electron chi connectivity index (χ0n) is 22.8. The molecule has 3 aromatic rings. The first-order valence-electron chi connectivity index (χ1n) is 13.6. The van der Waals surface area contributed by atoms with Gasteiger partial charge in [-0.3, -0.25) is 4.21 Å². The first-order chi connectivity index (χ1) is 19.6. The van der Waals surface area contributed by atoms with E-state index in [9.17, 15) is 22.2 Å². The number of halogens is 3. The van der Waals surface area contributed by atoms with Crippen molar-refractivity contribution in [3.05, 3.63) is 65.9 Å². The number of benzene rings is 2. The molecule has 1 aliphatic heterocycles. The van der Waals surface area contributed by atoms with Crippen LogP contribution < -0.4 is 15.5 Å². The van der Waals surface area contributed by atoms with Crippen LogP contribution in [-0.2, 0) is 26.5 Å². The molecule has 2 aromatic carbocycles. The highest BCUT2D eigenvalue weighted by atomic mass is 32.2. The van der Waals surface area contributed by atoms with Crippen LogP contribution in [0.4, 0.5) is 29.5 Å². The Kier molecular flexibility index (Phi) is 8.32. The fourth-order valence-corrected chi connectivity index (χ4v) is 6.63. The van der Waals surface area contributed by atoms with E-state index in [1.807, 2.05) is 13.8 Å². The maximum Gasteiger partial charge on any atom is 0.417 e. The summed E-state index contributed by atoms with van der Waals surface area (Å²) in [4.78, 5) is 23.5. The Morgan fingerprint density at radius 2 is 1.88 bits per heavy atom. The standard InChI is InChI=1S/C29H32F3N5O3S/c1-3-14-33-27(38)34-21-10-8-20(9-11-21)26-35-24(17-25(36-26)37-15-16-40-18-19(37)2)28(12-13-28)41(39)23-7-5-4-6-22(23)29(30,31)32/h4-11,17,19H,3,12-16,18H2,1-2H3,(H2,33,34,38)/t19-,41?/m0/s1. The molecule has 218 valence electrons. The molecule has 2 atom stereocenters. The average molecular weight is 588 g/mol. The molecule has 2 fully saturated rings. The highest BCUT2D eigenvalue weighted by molar-refractivity contribution is 7.86. The number of morpholine rings is 1. The van der Waals surface area contributed by atoms with Crippen molar-refractivity contribution in [3.8, 4) is 11.4 Å². The largest absolute Gasteiger partial charge is 0.417 e. The van der Waals surface area contributed by atoms with Gasteiger partial charge in [-0.1, -0.05) is 19.1 Å². The third kappa shape index (κ3) is 6.23. The minimum absolute atomic E-state index is 0.0131. The van der Waals surface area contributed by atoms with Crippen LogP contribution in [0.5, 0.6) is 0 Å². The van der Waals surface area contributed by atoms with Crippen LogP contribution in [-0.4, -0.2) is 52.6 Å². The van der Waals surface area contributed by atoms with Gasteiger partial charge >= 0.3 is 12.2 Å². The normalized spacial score (nSPS) is 19.0. The van der Waals surface area contributed by atoms with Crippen molar-refractivity contribution in [2.24, 2.45) is 0 Å². The first-order valence-corrected chi connectivity index (χ1v) is 14.7. The fourth-order valence-electron chi connectivity index (χ4n) is 4.85. The first kappa shape index (κ1) is 29.0. The van der Waals surface area contributed by atoms with Gasteiger partial charge in [0.15, 0.2) is 5.82 Å². The molecule has 12 heteroatoms. The second-order valence-corrected chi connectivity index (χ2v) is 12.0. The molecule has 1 unspecified atom stereocenters. The van der Waals surface area contributed by atoms with Gasteiger partial charge in [0.2, 0.25) is 0 Å². The molecule has 2 aliphatic rings. The van der Waals surface area contributed by atoms with Gasteiger partial charge in [0, 0.05) is 30.4 Å². The second-order valence-electron chi connectivity index (χ2n) is 10.3. The van der Waals surface area contributed by atoms with Crippen molar-refractivity contribution in [1.82, 2.24) is 15.3 Å². The molecule has 1 saturated heterocycles. The molecular formula is C29H32F3N5O3S. The van der Waals surface area contributed by atoms with Crippen molar-refractivity contribution in [2.45, 2.75) is 55.0 Å². The minimum atomic E-state index is -4.63. The SMILES string of the molecule is CCCNC(=O)Nc1ccc(-c2nc(N3CCOC[C@@H]3C)cc(C3(S(=O)c4ccccc4C(F)(F)F)CC3)n2)cc1. The predicted octanol–water partition coefficient (Wildman–Crippen LogP) is 5.72. The van der Waals surface area contributed by atoms with Crippen LogP contribution in [0.25, 0.3) is 11.4 Å². The molecule has 1 aromatic heterocycles. The van der Waals surface area contributed by atoms with E-state index >= 15 is 0 Å². The number of amides is 2. The summed E-state index contributed by atoms with van der Waals surface area (Å²) in [5.74, 6) is 0.972. The Hall–Kier alpha value is -3.51. The minimum Gasteiger partial charge on any atom is -0.377 e. The van der Waals surface area contributed by atoms with Gasteiger partial charge in [0.25, 0.3) is 0 Å². The molecule has 5 rings (SSSR count). The lowest BCUT2D eigenvalue weighted by atomic mass is 10.1. The van der Waals surface area contributed by atoms with Gasteiger partial charge in [-0.15, -0.1) is 0 Å². The van der Waals surface area contributed by atoms with Crippen LogP contribution in [0, 0.1) is 0 Å². The molecule has 41 heavy (non-hydrogen) atoms. The molecule has 0 bridgehead atoms. The molecule has 0 radical (unpaired) electrons. The lowest BCUT2D eigenvalue weighted by Crippen LogP contribution is -2.44. The van der Waals surface area contributed by atoms with Crippen molar-refractivity contribution < 1.29 is 26.9 Å². The molecule has 2 amide bonds. The number of nitrogens with one attached hydrogen (secondary N) is 2. The van der Waals surface area contributed by atoms with Crippen molar-refractivity contribution in [3.63, 3.8) is 0 Å². The summed E-state index contributed by atoms with van der Waals surface area (Å²) in [7, 11) is -2.00. The zero-order chi connectivity index (χ0) is 29.2. The van der Waals surface area contributed by atoms with Crippen LogP contribution in [0.15, 0.2) is 59.5 Å². The average Bonchev–Trinajstić information content (AvgIpc) is 3.78. The van der Waals surface area contributed by atoms with E-state index in [2.05, 4.69) is 15.5 Å². The Morgan fingerprint density at radius 1 is 1.15 bits per heavy atom. The van der Waals surface area contributed by atoms with Crippen LogP contribution in [0.3, 0.4) is 0 Å². The van der Waals surface area contributed by atoms with E-state index in [-0.39, 0.29) is 17.0 Å². The fraction of sp³-hybridized carbons (Fsp3) is 0.414. The molecule has 1 aliphatic carbocycles. The van der Waals surface area contributed by atoms with Crippen molar-refractivity contribution in [2.75, 3.05) is 36.5 Å². The number of hydrogen-bond donors (Lipinski definition) is 2. The maximum absolute atomic E-state index is 13.9. The van der Waals surface area contributed by atoms with E-state index in [0.717, 1.165) is 12.5 Å². The molecule has 8 nitrogen and oxygen atoms in total. The van der Waals surface area contributed by atoms with Crippen LogP contribution in [0.1, 0.15) is 44.4 Å². The Morgan fingerprint density at radius 3 is 2.54 bits per heavy atom. The molecule has 2 heterocycles. The van der Waals surface area contributed by atoms with Crippen molar-refractivity contribution in [1.29, 1.82) is 0 Å². The Labute approximate surface area is 239 Å². The molecule has 0 spiro atoms. The van der Waals surface area contributed by atoms with Crippen LogP contribution in [0.2, 0.25) is 0 Å². The third-order valence-electron chi connectivity index (χ3n) is 7.23. The van der Waals surface area contributed by atoms with E-state index in [1.165, 1.54) is 18.2 Å². The number of anilines is 2. The summed E-state index contributed by atoms with van der Waals surface area (Å²) in [6.07, 6.45) is -2.93. The lowest BCUT2D eigenvalue weighted by molar-refractivity contribution is -0.139. The van der Waals surface area contributed by atoms with Gasteiger partial charge < -0.3 is 20.3 Å². The summed E-state index contributed by atoms with van der Waals surface area (Å²) in [6, 6.07) is 13.5. The lowest BCUT2D eigenvalue weighted by Gasteiger charge is -2.34. The van der Waals surface area contributed by atoms with Gasteiger partial charge in [0.05, 0.1) is 51.0 Å². The Balaban J connectivity index is 1.53. The number of carbonyl (C=O) groups is 1. The number of urea groups is 1. The predicted molar refractivity (Wildman–Crippen MR) is 151 cm³/mol. The van der Waals surface area contributed by atoms with Gasteiger partial charge in [-0.2, -0.15) is 13.2 Å². The summed E-state index contributed by atoms with van der Waals surface area (Å²) >= 11 is 0. The summed E-state index contributed by atoms with van der Waals surface area (Å²) in [6.45, 7) is 6.13. The number of nitrogens with zero attached hydrogens (tertiary/aromatic N) is 3. The summed E-state index contributed by atoms with van der Waals surface area (Å²) in [5.41, 5.74) is 0.800. The quantitative estimate of drug-likeness (QED) is 0.350. The maximum atomic E-state index is 13.9. The smallest absolute Gasteiger partial charge is 0.377 e. The second kappa shape index (κ2) is 11.8. The summed E-state index contributed by atoms with van der Waals surface area (Å²) in [5, 5.41) is 5.53.